The minimum absolute atomic E-state index is 0.551. The highest BCUT2D eigenvalue weighted by molar-refractivity contribution is 5.22. The van der Waals surface area contributed by atoms with Crippen LogP contribution in [0.2, 0.25) is 0 Å². The van der Waals surface area contributed by atoms with E-state index in [-0.39, 0.29) is 0 Å². The van der Waals surface area contributed by atoms with Gasteiger partial charge in [-0.3, -0.25) is 5.10 Å². The van der Waals surface area contributed by atoms with Crippen LogP contribution in [-0.4, -0.2) is 10.2 Å². The molecule has 88 valence electrons. The lowest BCUT2D eigenvalue weighted by atomic mass is 9.98. The Morgan fingerprint density at radius 3 is 1.67 bits per heavy atom. The molecule has 0 fully saturated rings. The van der Waals surface area contributed by atoms with E-state index in [1.165, 1.54) is 11.3 Å². The average molecular weight is 210 g/mol. The minimum Gasteiger partial charge on any atom is -0.282 e. The molecule has 1 heterocycles. The van der Waals surface area contributed by atoms with Crippen LogP contribution in [0.25, 0.3) is 0 Å². The summed E-state index contributed by atoms with van der Waals surface area (Å²) in [6, 6.07) is 0. The van der Waals surface area contributed by atoms with E-state index in [4.69, 9.17) is 0 Å². The van der Waals surface area contributed by atoms with Crippen LogP contribution in [0.4, 0.5) is 0 Å². The van der Waals surface area contributed by atoms with E-state index in [1.807, 2.05) is 6.20 Å². The quantitative estimate of drug-likeness (QED) is 0.773. The van der Waals surface area contributed by atoms with Gasteiger partial charge in [0, 0.05) is 5.69 Å². The number of nitrogens with one attached hydrogen (secondary N) is 1. The van der Waals surface area contributed by atoms with Crippen molar-refractivity contribution in [2.24, 2.45) is 5.92 Å². The van der Waals surface area contributed by atoms with E-state index in [2.05, 4.69) is 58.7 Å². The third-order valence-electron chi connectivity index (χ3n) is 1.90. The molecule has 0 unspecified atom stereocenters. The van der Waals surface area contributed by atoms with Gasteiger partial charge in [-0.1, -0.05) is 48.5 Å². The Labute approximate surface area is 94.5 Å². The maximum absolute atomic E-state index is 4.04. The molecule has 0 aromatic carbocycles. The molecule has 0 atom stereocenters. The molecule has 1 N–H and O–H groups in total. The molecule has 0 spiro atoms. The predicted molar refractivity (Wildman–Crippen MR) is 67.3 cm³/mol. The molecule has 0 bridgehead atoms. The normalized spacial score (nSPS) is 10.8. The molecular weight excluding hydrogens is 184 g/mol. The lowest BCUT2D eigenvalue weighted by molar-refractivity contribution is 0.737. The SMILES string of the molecule is CC(C)C.CC(C)c1cn[nH]c1C(C)C. The van der Waals surface area contributed by atoms with Gasteiger partial charge in [0.05, 0.1) is 6.20 Å². The maximum Gasteiger partial charge on any atom is 0.0524 e. The van der Waals surface area contributed by atoms with E-state index in [9.17, 15) is 0 Å². The van der Waals surface area contributed by atoms with Gasteiger partial charge in [0.1, 0.15) is 0 Å². The number of hydrogen-bond donors (Lipinski definition) is 1. The highest BCUT2D eigenvalue weighted by Gasteiger charge is 2.10. The molecule has 2 heteroatoms. The van der Waals surface area contributed by atoms with Crippen molar-refractivity contribution in [3.05, 3.63) is 17.5 Å². The highest BCUT2D eigenvalue weighted by Crippen LogP contribution is 2.22. The summed E-state index contributed by atoms with van der Waals surface area (Å²) in [5.74, 6) is 1.96. The summed E-state index contributed by atoms with van der Waals surface area (Å²) in [6.45, 7) is 15.2. The summed E-state index contributed by atoms with van der Waals surface area (Å²) in [5, 5.41) is 7.08. The van der Waals surface area contributed by atoms with Gasteiger partial charge in [-0.15, -0.1) is 0 Å². The first-order chi connectivity index (χ1) is 6.86. The highest BCUT2D eigenvalue weighted by atomic mass is 15.1. The zero-order valence-electron chi connectivity index (χ0n) is 11.3. The van der Waals surface area contributed by atoms with E-state index >= 15 is 0 Å². The van der Waals surface area contributed by atoms with Crippen LogP contribution < -0.4 is 0 Å². The van der Waals surface area contributed by atoms with Gasteiger partial charge in [0.2, 0.25) is 0 Å². The van der Waals surface area contributed by atoms with Crippen LogP contribution in [0.3, 0.4) is 0 Å². The van der Waals surface area contributed by atoms with Crippen molar-refractivity contribution in [1.29, 1.82) is 0 Å². The Balaban J connectivity index is 0.000000423. The van der Waals surface area contributed by atoms with E-state index < -0.39 is 0 Å². The predicted octanol–water partition coefficient (Wildman–Crippen LogP) is 4.32. The van der Waals surface area contributed by atoms with E-state index in [0.29, 0.717) is 11.8 Å². The number of rotatable bonds is 2. The lowest BCUT2D eigenvalue weighted by Gasteiger charge is -2.07. The van der Waals surface area contributed by atoms with Crippen molar-refractivity contribution in [3.63, 3.8) is 0 Å². The molecule has 15 heavy (non-hydrogen) atoms. The Hall–Kier alpha value is -0.790. The maximum atomic E-state index is 4.04. The fourth-order valence-corrected chi connectivity index (χ4v) is 1.23. The first-order valence-corrected chi connectivity index (χ1v) is 5.89. The summed E-state index contributed by atoms with van der Waals surface area (Å²) < 4.78 is 0. The second kappa shape index (κ2) is 6.65. The molecule has 0 saturated heterocycles. The average Bonchev–Trinajstić information content (AvgIpc) is 2.49. The monoisotopic (exact) mass is 210 g/mol. The van der Waals surface area contributed by atoms with Gasteiger partial charge in [0.25, 0.3) is 0 Å². The summed E-state index contributed by atoms with van der Waals surface area (Å²) in [6.07, 6.45) is 1.93. The summed E-state index contributed by atoms with van der Waals surface area (Å²) in [7, 11) is 0. The standard InChI is InChI=1S/C9H16N2.C4H10/c1-6(2)8-5-10-11-9(8)7(3)4;1-4(2)3/h5-7H,1-4H3,(H,10,11);4H,1-3H3. The van der Waals surface area contributed by atoms with Crippen molar-refractivity contribution in [2.45, 2.75) is 60.3 Å². The van der Waals surface area contributed by atoms with Crippen molar-refractivity contribution >= 4 is 0 Å². The molecule has 0 radical (unpaired) electrons. The van der Waals surface area contributed by atoms with Crippen LogP contribution in [0.5, 0.6) is 0 Å². The van der Waals surface area contributed by atoms with Crippen molar-refractivity contribution in [1.82, 2.24) is 10.2 Å². The summed E-state index contributed by atoms with van der Waals surface area (Å²) in [5.41, 5.74) is 2.62. The van der Waals surface area contributed by atoms with E-state index in [1.54, 1.807) is 0 Å². The zero-order chi connectivity index (χ0) is 12.0. The Kier molecular flexibility index (Phi) is 6.30. The minimum atomic E-state index is 0.551. The summed E-state index contributed by atoms with van der Waals surface area (Å²) >= 11 is 0. The van der Waals surface area contributed by atoms with Crippen molar-refractivity contribution in [3.8, 4) is 0 Å². The third-order valence-corrected chi connectivity index (χ3v) is 1.90. The van der Waals surface area contributed by atoms with E-state index in [0.717, 1.165) is 5.92 Å². The Bertz CT molecular complexity index is 234. The lowest BCUT2D eigenvalue weighted by Crippen LogP contribution is -1.95. The number of aromatic nitrogens is 2. The second-order valence-electron chi connectivity index (χ2n) is 5.28. The number of aromatic amines is 1. The molecule has 2 nitrogen and oxygen atoms in total. The van der Waals surface area contributed by atoms with Crippen molar-refractivity contribution in [2.75, 3.05) is 0 Å². The topological polar surface area (TPSA) is 28.7 Å². The Morgan fingerprint density at radius 1 is 0.933 bits per heavy atom. The van der Waals surface area contributed by atoms with Gasteiger partial charge in [-0.05, 0) is 23.3 Å². The molecule has 0 saturated carbocycles. The zero-order valence-corrected chi connectivity index (χ0v) is 11.3. The van der Waals surface area contributed by atoms with Gasteiger partial charge in [-0.2, -0.15) is 5.10 Å². The van der Waals surface area contributed by atoms with Gasteiger partial charge in [-0.25, -0.2) is 0 Å². The van der Waals surface area contributed by atoms with Gasteiger partial charge in [0.15, 0.2) is 0 Å². The molecular formula is C13H26N2. The fourth-order valence-electron chi connectivity index (χ4n) is 1.23. The van der Waals surface area contributed by atoms with Crippen LogP contribution >= 0.6 is 0 Å². The first kappa shape index (κ1) is 14.2. The number of H-pyrrole nitrogens is 1. The molecule has 1 rings (SSSR count). The number of hydrogen-bond acceptors (Lipinski definition) is 1. The molecule has 0 aliphatic heterocycles. The third kappa shape index (κ3) is 5.60. The fraction of sp³-hybridized carbons (Fsp3) is 0.769. The largest absolute Gasteiger partial charge is 0.282 e. The van der Waals surface area contributed by atoms with Crippen LogP contribution in [0.1, 0.15) is 71.6 Å². The van der Waals surface area contributed by atoms with Crippen LogP contribution in [0, 0.1) is 5.92 Å². The number of nitrogens with zero attached hydrogens (tertiary/aromatic N) is 1. The summed E-state index contributed by atoms with van der Waals surface area (Å²) in [4.78, 5) is 0. The van der Waals surface area contributed by atoms with Crippen LogP contribution in [-0.2, 0) is 0 Å². The molecule has 0 aliphatic rings. The van der Waals surface area contributed by atoms with Gasteiger partial charge < -0.3 is 0 Å². The van der Waals surface area contributed by atoms with Gasteiger partial charge >= 0.3 is 0 Å². The first-order valence-electron chi connectivity index (χ1n) is 5.89. The second-order valence-corrected chi connectivity index (χ2v) is 5.28. The smallest absolute Gasteiger partial charge is 0.0524 e. The molecule has 1 aromatic rings. The van der Waals surface area contributed by atoms with Crippen LogP contribution in [0.15, 0.2) is 6.20 Å². The van der Waals surface area contributed by atoms with Crippen molar-refractivity contribution < 1.29 is 0 Å². The molecule has 0 amide bonds. The Morgan fingerprint density at radius 2 is 1.40 bits per heavy atom. The molecule has 1 aromatic heterocycles. The molecule has 0 aliphatic carbocycles.